The fraction of sp³-hybridized carbons (Fsp3) is 0.200. The van der Waals surface area contributed by atoms with Crippen molar-refractivity contribution in [3.8, 4) is 0 Å². The van der Waals surface area contributed by atoms with Gasteiger partial charge in [-0.15, -0.1) is 0 Å². The van der Waals surface area contributed by atoms with Crippen molar-refractivity contribution < 1.29 is 9.90 Å². The quantitative estimate of drug-likeness (QED) is 0.824. The predicted molar refractivity (Wildman–Crippen MR) is 84.6 cm³/mol. The highest BCUT2D eigenvalue weighted by atomic mass is 79.9. The van der Waals surface area contributed by atoms with Crippen LogP contribution in [0.4, 0.5) is 0 Å². The summed E-state index contributed by atoms with van der Waals surface area (Å²) in [6.07, 6.45) is 4.38. The Hall–Kier alpha value is -1.20. The Kier molecular flexibility index (Phi) is 5.31. The molecule has 0 fully saturated rings. The molecule has 1 atom stereocenters. The Morgan fingerprint density at radius 2 is 1.70 bits per heavy atom. The fourth-order valence-electron chi connectivity index (χ4n) is 2.00. The molecule has 104 valence electrons. The normalized spacial score (nSPS) is 12.1. The monoisotopic (exact) mass is 397 g/mol. The summed E-state index contributed by atoms with van der Waals surface area (Å²) < 4.78 is 1.85. The van der Waals surface area contributed by atoms with E-state index in [1.54, 1.807) is 12.4 Å². The van der Waals surface area contributed by atoms with Crippen LogP contribution >= 0.6 is 31.9 Å². The standard InChI is InChI=1S/C15H13Br2NO2/c16-13-3-1-10(2-4-13)5-12(15(19)20)6-11-7-14(17)9-18-8-11/h1-4,7-9,12H,5-6H2,(H,19,20). The van der Waals surface area contributed by atoms with Crippen LogP contribution in [0.15, 0.2) is 51.7 Å². The Morgan fingerprint density at radius 3 is 2.30 bits per heavy atom. The zero-order chi connectivity index (χ0) is 14.5. The topological polar surface area (TPSA) is 50.2 Å². The molecule has 0 bridgehead atoms. The van der Waals surface area contributed by atoms with Crippen LogP contribution in [0.5, 0.6) is 0 Å². The smallest absolute Gasteiger partial charge is 0.307 e. The van der Waals surface area contributed by atoms with Crippen molar-refractivity contribution in [1.82, 2.24) is 4.98 Å². The molecule has 0 aliphatic rings. The first-order chi connectivity index (χ1) is 9.54. The van der Waals surface area contributed by atoms with Gasteiger partial charge in [0.15, 0.2) is 0 Å². The van der Waals surface area contributed by atoms with Gasteiger partial charge in [-0.1, -0.05) is 28.1 Å². The summed E-state index contributed by atoms with van der Waals surface area (Å²) in [6, 6.07) is 9.65. The lowest BCUT2D eigenvalue weighted by molar-refractivity contribution is -0.141. The molecule has 2 rings (SSSR count). The van der Waals surface area contributed by atoms with Crippen LogP contribution in [0.1, 0.15) is 11.1 Å². The van der Waals surface area contributed by atoms with Gasteiger partial charge in [0.2, 0.25) is 0 Å². The number of benzene rings is 1. The molecule has 1 aromatic carbocycles. The Morgan fingerprint density at radius 1 is 1.05 bits per heavy atom. The summed E-state index contributed by atoms with van der Waals surface area (Å²) in [5.41, 5.74) is 1.94. The summed E-state index contributed by atoms with van der Waals surface area (Å²) in [7, 11) is 0. The first-order valence-electron chi connectivity index (χ1n) is 6.11. The van der Waals surface area contributed by atoms with E-state index in [1.165, 1.54) is 0 Å². The van der Waals surface area contributed by atoms with Gasteiger partial charge in [-0.3, -0.25) is 9.78 Å². The number of nitrogens with zero attached hydrogens (tertiary/aromatic N) is 1. The van der Waals surface area contributed by atoms with Crippen molar-refractivity contribution in [2.24, 2.45) is 5.92 Å². The van der Waals surface area contributed by atoms with Gasteiger partial charge in [0.05, 0.1) is 5.92 Å². The zero-order valence-electron chi connectivity index (χ0n) is 10.6. The highest BCUT2D eigenvalue weighted by Gasteiger charge is 2.19. The number of carboxylic acids is 1. The van der Waals surface area contributed by atoms with E-state index in [0.717, 1.165) is 20.1 Å². The molecule has 0 amide bonds. The van der Waals surface area contributed by atoms with Gasteiger partial charge >= 0.3 is 5.97 Å². The third-order valence-corrected chi connectivity index (χ3v) is 3.95. The Bertz CT molecular complexity index is 599. The fourth-order valence-corrected chi connectivity index (χ4v) is 2.68. The van der Waals surface area contributed by atoms with Crippen LogP contribution < -0.4 is 0 Å². The highest BCUT2D eigenvalue weighted by Crippen LogP contribution is 2.19. The maximum atomic E-state index is 11.4. The van der Waals surface area contributed by atoms with Crippen molar-refractivity contribution in [3.05, 3.63) is 62.8 Å². The number of aliphatic carboxylic acids is 1. The van der Waals surface area contributed by atoms with Crippen LogP contribution in [0, 0.1) is 5.92 Å². The number of rotatable bonds is 5. The van der Waals surface area contributed by atoms with E-state index >= 15 is 0 Å². The predicted octanol–water partition coefficient (Wildman–Crippen LogP) is 4.09. The summed E-state index contributed by atoms with van der Waals surface area (Å²) in [4.78, 5) is 15.5. The average molecular weight is 399 g/mol. The summed E-state index contributed by atoms with van der Waals surface area (Å²) in [5.74, 6) is -1.24. The van der Waals surface area contributed by atoms with Crippen LogP contribution in [0.3, 0.4) is 0 Å². The molecule has 0 radical (unpaired) electrons. The van der Waals surface area contributed by atoms with Gasteiger partial charge in [0.1, 0.15) is 0 Å². The second kappa shape index (κ2) is 6.99. The van der Waals surface area contributed by atoms with Gasteiger partial charge in [-0.05, 0) is 58.1 Å². The van der Waals surface area contributed by atoms with Crippen molar-refractivity contribution in [2.75, 3.05) is 0 Å². The lowest BCUT2D eigenvalue weighted by atomic mass is 9.93. The third-order valence-electron chi connectivity index (χ3n) is 2.99. The molecule has 0 saturated carbocycles. The average Bonchev–Trinajstić information content (AvgIpc) is 2.40. The lowest BCUT2D eigenvalue weighted by Gasteiger charge is -2.12. The second-order valence-electron chi connectivity index (χ2n) is 4.58. The molecular formula is C15H13Br2NO2. The van der Waals surface area contributed by atoms with E-state index in [0.29, 0.717) is 12.8 Å². The third kappa shape index (κ3) is 4.42. The summed E-state index contributed by atoms with van der Waals surface area (Å²) >= 11 is 6.72. The Balaban J connectivity index is 2.11. The molecular weight excluding hydrogens is 386 g/mol. The highest BCUT2D eigenvalue weighted by molar-refractivity contribution is 9.10. The first-order valence-corrected chi connectivity index (χ1v) is 7.70. The van der Waals surface area contributed by atoms with Gasteiger partial charge in [0, 0.05) is 21.3 Å². The number of hydrogen-bond donors (Lipinski definition) is 1. The van der Waals surface area contributed by atoms with Crippen molar-refractivity contribution in [1.29, 1.82) is 0 Å². The lowest BCUT2D eigenvalue weighted by Crippen LogP contribution is -2.19. The second-order valence-corrected chi connectivity index (χ2v) is 6.41. The van der Waals surface area contributed by atoms with Crippen LogP contribution in [-0.4, -0.2) is 16.1 Å². The van der Waals surface area contributed by atoms with E-state index in [-0.39, 0.29) is 0 Å². The van der Waals surface area contributed by atoms with Gasteiger partial charge < -0.3 is 5.11 Å². The molecule has 0 saturated heterocycles. The molecule has 20 heavy (non-hydrogen) atoms. The van der Waals surface area contributed by atoms with Crippen LogP contribution in [-0.2, 0) is 17.6 Å². The first kappa shape index (κ1) is 15.2. The maximum absolute atomic E-state index is 11.4. The molecule has 1 unspecified atom stereocenters. The van der Waals surface area contributed by atoms with Crippen LogP contribution in [0.2, 0.25) is 0 Å². The molecule has 1 heterocycles. The van der Waals surface area contributed by atoms with Crippen molar-refractivity contribution >= 4 is 37.8 Å². The maximum Gasteiger partial charge on any atom is 0.307 e. The molecule has 5 heteroatoms. The van der Waals surface area contributed by atoms with Crippen LogP contribution in [0.25, 0.3) is 0 Å². The molecule has 0 aliphatic carbocycles. The van der Waals surface area contributed by atoms with E-state index in [4.69, 9.17) is 0 Å². The number of aromatic nitrogens is 1. The van der Waals surface area contributed by atoms with Gasteiger partial charge in [-0.25, -0.2) is 0 Å². The number of carbonyl (C=O) groups is 1. The minimum Gasteiger partial charge on any atom is -0.481 e. The number of hydrogen-bond acceptors (Lipinski definition) is 2. The number of halogens is 2. The molecule has 1 N–H and O–H groups in total. The van der Waals surface area contributed by atoms with E-state index in [1.807, 2.05) is 30.3 Å². The minimum absolute atomic E-state index is 0.452. The van der Waals surface area contributed by atoms with Gasteiger partial charge in [-0.2, -0.15) is 0 Å². The molecule has 1 aromatic heterocycles. The summed E-state index contributed by atoms with van der Waals surface area (Å²) in [5, 5.41) is 9.38. The van der Waals surface area contributed by atoms with E-state index in [9.17, 15) is 9.90 Å². The minimum atomic E-state index is -0.784. The zero-order valence-corrected chi connectivity index (χ0v) is 13.8. The van der Waals surface area contributed by atoms with Gasteiger partial charge in [0.25, 0.3) is 0 Å². The number of pyridine rings is 1. The molecule has 0 aliphatic heterocycles. The SMILES string of the molecule is O=C(O)C(Cc1ccc(Br)cc1)Cc1cncc(Br)c1. The van der Waals surface area contributed by atoms with Crippen molar-refractivity contribution in [2.45, 2.75) is 12.8 Å². The largest absolute Gasteiger partial charge is 0.481 e. The summed E-state index contributed by atoms with van der Waals surface area (Å²) in [6.45, 7) is 0. The van der Waals surface area contributed by atoms with E-state index < -0.39 is 11.9 Å². The molecule has 3 nitrogen and oxygen atoms in total. The van der Waals surface area contributed by atoms with Crippen molar-refractivity contribution in [3.63, 3.8) is 0 Å². The van der Waals surface area contributed by atoms with E-state index in [2.05, 4.69) is 36.8 Å². The number of carboxylic acid groups (broad SMARTS) is 1. The Labute approximate surface area is 134 Å². The molecule has 2 aromatic rings. The molecule has 0 spiro atoms.